The van der Waals surface area contributed by atoms with Crippen LogP contribution in [-0.4, -0.2) is 54.3 Å². The molecular formula is C34H29FN2O8S2. The molecule has 6 rings (SSSR count). The topological polar surface area (TPSA) is 137 Å². The Hall–Kier alpha value is -5.01. The monoisotopic (exact) mass is 676 g/mol. The number of rotatable bonds is 9. The predicted octanol–water partition coefficient (Wildman–Crippen LogP) is 7.11. The van der Waals surface area contributed by atoms with Gasteiger partial charge in [-0.15, -0.1) is 0 Å². The number of nitrogens with zero attached hydrogens (tertiary/aromatic N) is 2. The summed E-state index contributed by atoms with van der Waals surface area (Å²) < 4.78 is 83.2. The van der Waals surface area contributed by atoms with Gasteiger partial charge < -0.3 is 13.6 Å². The molecule has 10 nitrogen and oxygen atoms in total. The molecule has 2 heterocycles. The van der Waals surface area contributed by atoms with Crippen LogP contribution in [0.4, 0.5) is 10.1 Å². The Morgan fingerprint density at radius 1 is 0.894 bits per heavy atom. The molecular weight excluding hydrogens is 648 g/mol. The van der Waals surface area contributed by atoms with Crippen molar-refractivity contribution in [2.75, 3.05) is 31.0 Å². The lowest BCUT2D eigenvalue weighted by Crippen LogP contribution is -2.25. The number of furan rings is 1. The number of para-hydroxylation sites is 1. The predicted molar refractivity (Wildman–Crippen MR) is 178 cm³/mol. The summed E-state index contributed by atoms with van der Waals surface area (Å²) in [6.07, 6.45) is 2.31. The number of anilines is 1. The Bertz CT molecular complexity index is 2430. The van der Waals surface area contributed by atoms with E-state index in [0.29, 0.717) is 33.4 Å². The molecule has 13 heteroatoms. The molecule has 0 saturated heterocycles. The molecule has 0 spiro atoms. The quantitative estimate of drug-likeness (QED) is 0.147. The summed E-state index contributed by atoms with van der Waals surface area (Å²) in [7, 11) is -4.53. The highest BCUT2D eigenvalue weighted by Gasteiger charge is 2.27. The van der Waals surface area contributed by atoms with Crippen LogP contribution in [0.1, 0.15) is 23.7 Å². The molecule has 0 N–H and O–H groups in total. The molecule has 6 aromatic rings. The molecule has 0 saturated carbocycles. The molecule has 0 aliphatic carbocycles. The van der Waals surface area contributed by atoms with Crippen LogP contribution in [0.15, 0.2) is 86.5 Å². The summed E-state index contributed by atoms with van der Waals surface area (Å²) in [6.45, 7) is 1.72. The summed E-state index contributed by atoms with van der Waals surface area (Å²) in [5.41, 5.74) is 3.00. The fourth-order valence-corrected chi connectivity index (χ4v) is 6.77. The maximum Gasteiger partial charge on any atom is 0.232 e. The first-order chi connectivity index (χ1) is 22.2. The minimum Gasteiger partial charge on any atom is -0.496 e. The van der Waals surface area contributed by atoms with Gasteiger partial charge in [0, 0.05) is 42.3 Å². The number of Topliss-reactive ketones (excluding diaryl/α,β-unsaturated/α-hetero) is 1. The number of benzene rings is 4. The number of carbonyl (C=O) groups is 1. The molecule has 0 aliphatic heterocycles. The smallest absolute Gasteiger partial charge is 0.232 e. The molecule has 0 atom stereocenters. The molecule has 4 aromatic carbocycles. The van der Waals surface area contributed by atoms with Crippen LogP contribution in [0.3, 0.4) is 0 Å². The van der Waals surface area contributed by atoms with Crippen molar-refractivity contribution in [3.8, 4) is 39.7 Å². The largest absolute Gasteiger partial charge is 0.496 e. The van der Waals surface area contributed by atoms with Crippen molar-refractivity contribution in [1.82, 2.24) is 4.98 Å². The van der Waals surface area contributed by atoms with Crippen LogP contribution in [0, 0.1) is 5.82 Å². The third kappa shape index (κ3) is 5.76. The number of carbonyl (C=O) groups excluding carboxylic acids is 1. The van der Waals surface area contributed by atoms with Crippen LogP contribution < -0.4 is 9.04 Å². The van der Waals surface area contributed by atoms with E-state index in [1.807, 2.05) is 0 Å². The molecule has 2 aromatic heterocycles. The molecule has 242 valence electrons. The van der Waals surface area contributed by atoms with E-state index in [4.69, 9.17) is 13.6 Å². The minimum absolute atomic E-state index is 0.00711. The van der Waals surface area contributed by atoms with E-state index < -0.39 is 25.7 Å². The van der Waals surface area contributed by atoms with Crippen LogP contribution in [0.25, 0.3) is 56.0 Å². The SMILES string of the molecule is CCC(=O)c1c(-c2ccc(F)cc2)oc2cc(N(C)S(C)(=O)=O)c(-c3ccc(OC)c(-c4nc5c(S(C)(=O)=O)cccc5o4)c3)cc12. The van der Waals surface area contributed by atoms with Gasteiger partial charge in [-0.05, 0) is 60.2 Å². The van der Waals surface area contributed by atoms with Gasteiger partial charge in [0.25, 0.3) is 0 Å². The van der Waals surface area contributed by atoms with Crippen LogP contribution in [0.5, 0.6) is 5.75 Å². The number of methoxy groups -OCH3 is 1. The van der Waals surface area contributed by atoms with Crippen LogP contribution in [-0.2, 0) is 19.9 Å². The van der Waals surface area contributed by atoms with Gasteiger partial charge in [0.15, 0.2) is 21.2 Å². The number of hydrogen-bond donors (Lipinski definition) is 0. The number of oxazole rings is 1. The molecule has 0 radical (unpaired) electrons. The zero-order chi connectivity index (χ0) is 33.8. The molecule has 0 fully saturated rings. The van der Waals surface area contributed by atoms with Crippen LogP contribution in [0.2, 0.25) is 0 Å². The van der Waals surface area contributed by atoms with E-state index in [-0.39, 0.29) is 56.7 Å². The van der Waals surface area contributed by atoms with Gasteiger partial charge in [-0.2, -0.15) is 0 Å². The molecule has 0 amide bonds. The van der Waals surface area contributed by atoms with Gasteiger partial charge in [0.05, 0.1) is 35.1 Å². The number of fused-ring (bicyclic) bond motifs is 2. The fourth-order valence-electron chi connectivity index (χ4n) is 5.44. The third-order valence-corrected chi connectivity index (χ3v) is 10.2. The summed E-state index contributed by atoms with van der Waals surface area (Å²) in [5, 5.41) is 0.439. The molecule has 47 heavy (non-hydrogen) atoms. The van der Waals surface area contributed by atoms with E-state index in [9.17, 15) is 26.0 Å². The van der Waals surface area contributed by atoms with Crippen molar-refractivity contribution in [2.45, 2.75) is 18.2 Å². The first-order valence-corrected chi connectivity index (χ1v) is 18.1. The standard InChI is InChI=1S/C34H29FN2O8S2/c1-6-26(38)31-23-17-22(25(37(2)47(5,41)42)18-29(23)44-33(31)19-10-13-21(35)14-11-19)20-12-15-27(43-3)24(16-20)34-36-32-28(45-34)8-7-9-30(32)46(4,39)40/h7-18H,6H2,1-5H3. The van der Waals surface area contributed by atoms with E-state index in [0.717, 1.165) is 16.8 Å². The molecule has 0 aliphatic rings. The second-order valence-electron chi connectivity index (χ2n) is 11.0. The first kappa shape index (κ1) is 32.0. The van der Waals surface area contributed by atoms with E-state index in [2.05, 4.69) is 4.98 Å². The van der Waals surface area contributed by atoms with Gasteiger partial charge in [0.1, 0.15) is 28.4 Å². The number of ketones is 1. The zero-order valence-corrected chi connectivity index (χ0v) is 27.6. The van der Waals surface area contributed by atoms with Crippen molar-refractivity contribution in [3.05, 3.63) is 84.2 Å². The Balaban J connectivity index is 1.64. The second kappa shape index (κ2) is 11.7. The first-order valence-electron chi connectivity index (χ1n) is 14.3. The van der Waals surface area contributed by atoms with E-state index in [1.54, 1.807) is 49.4 Å². The highest BCUT2D eigenvalue weighted by atomic mass is 32.2. The summed E-state index contributed by atoms with van der Waals surface area (Å²) in [5.74, 6) is 0.0124. The summed E-state index contributed by atoms with van der Waals surface area (Å²) >= 11 is 0. The van der Waals surface area contributed by atoms with Crippen molar-refractivity contribution < 1.29 is 39.6 Å². The maximum atomic E-state index is 13.8. The van der Waals surface area contributed by atoms with Gasteiger partial charge in [-0.1, -0.05) is 19.1 Å². The van der Waals surface area contributed by atoms with Crippen molar-refractivity contribution >= 4 is 53.4 Å². The fraction of sp³-hybridized carbons (Fsp3) is 0.176. The highest BCUT2D eigenvalue weighted by molar-refractivity contribution is 7.92. The van der Waals surface area contributed by atoms with E-state index >= 15 is 0 Å². The summed E-state index contributed by atoms with van der Waals surface area (Å²) in [6, 6.07) is 18.5. The average molecular weight is 677 g/mol. The number of sulfone groups is 1. The zero-order valence-electron chi connectivity index (χ0n) is 26.0. The second-order valence-corrected chi connectivity index (χ2v) is 15.0. The van der Waals surface area contributed by atoms with Gasteiger partial charge in [-0.3, -0.25) is 9.10 Å². The number of aromatic nitrogens is 1. The lowest BCUT2D eigenvalue weighted by Gasteiger charge is -2.21. The van der Waals surface area contributed by atoms with E-state index in [1.165, 1.54) is 44.5 Å². The Labute approximate surface area is 270 Å². The van der Waals surface area contributed by atoms with Crippen LogP contribution >= 0.6 is 0 Å². The summed E-state index contributed by atoms with van der Waals surface area (Å²) in [4.78, 5) is 17.9. The maximum absolute atomic E-state index is 13.8. The van der Waals surface area contributed by atoms with Gasteiger partial charge in [-0.25, -0.2) is 26.2 Å². The Morgan fingerprint density at radius 2 is 1.60 bits per heavy atom. The minimum atomic E-state index is -3.78. The lowest BCUT2D eigenvalue weighted by atomic mass is 9.95. The van der Waals surface area contributed by atoms with Crippen molar-refractivity contribution in [2.24, 2.45) is 0 Å². The van der Waals surface area contributed by atoms with Gasteiger partial charge >= 0.3 is 0 Å². The average Bonchev–Trinajstić information content (AvgIpc) is 3.64. The normalized spacial score (nSPS) is 12.1. The van der Waals surface area contributed by atoms with Gasteiger partial charge in [0.2, 0.25) is 15.9 Å². The lowest BCUT2D eigenvalue weighted by molar-refractivity contribution is 0.0989. The Kier molecular flexibility index (Phi) is 7.92. The van der Waals surface area contributed by atoms with Crippen molar-refractivity contribution in [1.29, 1.82) is 0 Å². The highest BCUT2D eigenvalue weighted by Crippen LogP contribution is 2.44. The third-order valence-electron chi connectivity index (χ3n) is 7.87. The van der Waals surface area contributed by atoms with Crippen molar-refractivity contribution in [3.63, 3.8) is 0 Å². The number of halogens is 1. The number of sulfonamides is 1. The number of ether oxygens (including phenoxy) is 1. The Morgan fingerprint density at radius 3 is 2.23 bits per heavy atom. The molecule has 0 bridgehead atoms. The molecule has 0 unspecified atom stereocenters. The number of hydrogen-bond acceptors (Lipinski definition) is 9.